The van der Waals surface area contributed by atoms with Crippen molar-refractivity contribution in [2.45, 2.75) is 13.5 Å². The van der Waals surface area contributed by atoms with Crippen LogP contribution in [0.15, 0.2) is 42.7 Å². The Morgan fingerprint density at radius 3 is 2.57 bits per heavy atom. The van der Waals surface area contributed by atoms with Crippen molar-refractivity contribution in [1.29, 1.82) is 0 Å². The zero-order chi connectivity index (χ0) is 15.2. The lowest BCUT2D eigenvalue weighted by Crippen LogP contribution is -2.24. The number of nitrogens with one attached hydrogen (secondary N) is 1. The summed E-state index contributed by atoms with van der Waals surface area (Å²) in [5.41, 5.74) is 9.38. The Balaban J connectivity index is 2.24. The molecule has 0 aliphatic carbocycles. The number of hydrogen-bond acceptors (Lipinski definition) is 4. The van der Waals surface area contributed by atoms with Gasteiger partial charge in [0, 0.05) is 38.1 Å². The molecule has 21 heavy (non-hydrogen) atoms. The highest BCUT2D eigenvalue weighted by molar-refractivity contribution is 5.96. The van der Waals surface area contributed by atoms with E-state index in [2.05, 4.69) is 22.1 Å². The number of pyridine rings is 1. The van der Waals surface area contributed by atoms with Crippen LogP contribution >= 0.6 is 0 Å². The van der Waals surface area contributed by atoms with Crippen LogP contribution in [0.2, 0.25) is 0 Å². The maximum Gasteiger partial charge on any atom is 0.251 e. The van der Waals surface area contributed by atoms with E-state index in [0.29, 0.717) is 11.3 Å². The maximum absolute atomic E-state index is 11.6. The Kier molecular flexibility index (Phi) is 4.77. The fourth-order valence-electron chi connectivity index (χ4n) is 2.20. The van der Waals surface area contributed by atoms with Crippen LogP contribution in [0.5, 0.6) is 0 Å². The first-order chi connectivity index (χ1) is 10.2. The number of anilines is 2. The van der Waals surface area contributed by atoms with Crippen LogP contribution in [-0.4, -0.2) is 24.5 Å². The summed E-state index contributed by atoms with van der Waals surface area (Å²) in [6.07, 6.45) is 3.56. The van der Waals surface area contributed by atoms with E-state index in [1.807, 2.05) is 18.2 Å². The van der Waals surface area contributed by atoms with Gasteiger partial charge in [-0.25, -0.2) is 0 Å². The van der Waals surface area contributed by atoms with Gasteiger partial charge < -0.3 is 16.0 Å². The van der Waals surface area contributed by atoms with Crippen LogP contribution in [0.4, 0.5) is 11.4 Å². The second-order valence-electron chi connectivity index (χ2n) is 4.72. The zero-order valence-electron chi connectivity index (χ0n) is 12.3. The van der Waals surface area contributed by atoms with Crippen LogP contribution in [0, 0.1) is 0 Å². The van der Waals surface area contributed by atoms with Gasteiger partial charge in [0.25, 0.3) is 5.91 Å². The number of carbonyl (C=O) groups is 1. The molecular weight excluding hydrogens is 264 g/mol. The first kappa shape index (κ1) is 14.8. The van der Waals surface area contributed by atoms with Crippen LogP contribution in [0.25, 0.3) is 0 Å². The molecular formula is C16H20N4O. The Hall–Kier alpha value is -2.56. The van der Waals surface area contributed by atoms with Gasteiger partial charge in [-0.2, -0.15) is 0 Å². The van der Waals surface area contributed by atoms with Crippen molar-refractivity contribution in [3.63, 3.8) is 0 Å². The molecule has 2 rings (SSSR count). The van der Waals surface area contributed by atoms with Crippen molar-refractivity contribution in [1.82, 2.24) is 10.3 Å². The zero-order valence-corrected chi connectivity index (χ0v) is 12.3. The molecule has 0 atom stereocenters. The average molecular weight is 284 g/mol. The largest absolute Gasteiger partial charge is 0.397 e. The van der Waals surface area contributed by atoms with Crippen molar-refractivity contribution in [2.75, 3.05) is 24.2 Å². The van der Waals surface area contributed by atoms with Crippen molar-refractivity contribution in [3.8, 4) is 0 Å². The minimum absolute atomic E-state index is 0.134. The predicted octanol–water partition coefficient (Wildman–Crippen LogP) is 2.05. The molecule has 2 aromatic rings. The normalized spacial score (nSPS) is 10.2. The Morgan fingerprint density at radius 1 is 1.29 bits per heavy atom. The minimum atomic E-state index is -0.134. The summed E-state index contributed by atoms with van der Waals surface area (Å²) >= 11 is 0. The third-order valence-corrected chi connectivity index (χ3v) is 3.36. The molecule has 0 aliphatic rings. The smallest absolute Gasteiger partial charge is 0.251 e. The molecule has 1 heterocycles. The second-order valence-corrected chi connectivity index (χ2v) is 4.72. The molecule has 0 saturated carbocycles. The van der Waals surface area contributed by atoms with Crippen LogP contribution in [0.1, 0.15) is 22.8 Å². The monoisotopic (exact) mass is 284 g/mol. The van der Waals surface area contributed by atoms with Gasteiger partial charge in [-0.3, -0.25) is 9.78 Å². The molecule has 5 heteroatoms. The van der Waals surface area contributed by atoms with Gasteiger partial charge in [-0.05, 0) is 42.8 Å². The molecule has 0 aliphatic heterocycles. The summed E-state index contributed by atoms with van der Waals surface area (Å²) in [6.45, 7) is 3.65. The van der Waals surface area contributed by atoms with Crippen molar-refractivity contribution < 1.29 is 4.79 Å². The van der Waals surface area contributed by atoms with E-state index in [4.69, 9.17) is 5.73 Å². The molecule has 0 unspecified atom stereocenters. The maximum atomic E-state index is 11.6. The summed E-state index contributed by atoms with van der Waals surface area (Å²) in [7, 11) is 1.61. The highest BCUT2D eigenvalue weighted by Gasteiger charge is 2.11. The quantitative estimate of drug-likeness (QED) is 0.824. The number of benzene rings is 1. The average Bonchev–Trinajstić information content (AvgIpc) is 2.53. The summed E-state index contributed by atoms with van der Waals surface area (Å²) < 4.78 is 0. The van der Waals surface area contributed by atoms with Crippen LogP contribution in [0.3, 0.4) is 0 Å². The van der Waals surface area contributed by atoms with E-state index < -0.39 is 0 Å². The van der Waals surface area contributed by atoms with Gasteiger partial charge in [0.15, 0.2) is 0 Å². The van der Waals surface area contributed by atoms with E-state index in [9.17, 15) is 4.79 Å². The lowest BCUT2D eigenvalue weighted by molar-refractivity contribution is 0.0963. The minimum Gasteiger partial charge on any atom is -0.397 e. The highest BCUT2D eigenvalue weighted by Crippen LogP contribution is 2.25. The number of hydrogen-bond donors (Lipinski definition) is 2. The lowest BCUT2D eigenvalue weighted by atomic mass is 10.1. The number of carbonyl (C=O) groups excluding carboxylic acids is 1. The third-order valence-electron chi connectivity index (χ3n) is 3.36. The summed E-state index contributed by atoms with van der Waals surface area (Å²) in [4.78, 5) is 17.8. The second kappa shape index (κ2) is 6.74. The Morgan fingerprint density at radius 2 is 2.00 bits per heavy atom. The first-order valence-electron chi connectivity index (χ1n) is 6.91. The molecule has 5 nitrogen and oxygen atoms in total. The molecule has 0 bridgehead atoms. The van der Waals surface area contributed by atoms with Crippen molar-refractivity contribution in [2.24, 2.45) is 0 Å². The Labute approximate surface area is 124 Å². The standard InChI is InChI=1S/C16H20N4O/c1-3-20(11-12-6-8-19-9-7-12)15-5-4-13(10-14(15)17)16(21)18-2/h4-10H,3,11,17H2,1-2H3,(H,18,21). The number of nitrogens with two attached hydrogens (primary N) is 1. The summed E-state index contributed by atoms with van der Waals surface area (Å²) in [5, 5.41) is 2.60. The first-order valence-corrected chi connectivity index (χ1v) is 6.91. The molecule has 1 aromatic heterocycles. The van der Waals surface area contributed by atoms with E-state index in [1.54, 1.807) is 31.6 Å². The van der Waals surface area contributed by atoms with Crippen LogP contribution < -0.4 is 16.0 Å². The topological polar surface area (TPSA) is 71.2 Å². The van der Waals surface area contributed by atoms with Crippen molar-refractivity contribution >= 4 is 17.3 Å². The number of nitrogens with zero attached hydrogens (tertiary/aromatic N) is 2. The van der Waals surface area contributed by atoms with E-state index in [0.717, 1.165) is 18.8 Å². The molecule has 1 amide bonds. The van der Waals surface area contributed by atoms with Gasteiger partial charge in [0.1, 0.15) is 0 Å². The fraction of sp³-hybridized carbons (Fsp3) is 0.250. The van der Waals surface area contributed by atoms with Crippen LogP contribution in [-0.2, 0) is 6.54 Å². The van der Waals surface area contributed by atoms with E-state index in [-0.39, 0.29) is 5.91 Å². The molecule has 0 saturated heterocycles. The number of rotatable bonds is 5. The summed E-state index contributed by atoms with van der Waals surface area (Å²) in [6, 6.07) is 9.36. The predicted molar refractivity (Wildman–Crippen MR) is 85.2 cm³/mol. The molecule has 3 N–H and O–H groups in total. The number of amides is 1. The van der Waals surface area contributed by atoms with Gasteiger partial charge in [-0.1, -0.05) is 0 Å². The summed E-state index contributed by atoms with van der Waals surface area (Å²) in [5.74, 6) is -0.134. The van der Waals surface area contributed by atoms with E-state index >= 15 is 0 Å². The SMILES string of the molecule is CCN(Cc1ccncc1)c1ccc(C(=O)NC)cc1N. The highest BCUT2D eigenvalue weighted by atomic mass is 16.1. The third kappa shape index (κ3) is 3.51. The van der Waals surface area contributed by atoms with E-state index in [1.165, 1.54) is 5.56 Å². The van der Waals surface area contributed by atoms with Gasteiger partial charge in [0.2, 0.25) is 0 Å². The van der Waals surface area contributed by atoms with Gasteiger partial charge in [-0.15, -0.1) is 0 Å². The number of aromatic nitrogens is 1. The number of nitrogen functional groups attached to an aromatic ring is 1. The molecule has 0 spiro atoms. The molecule has 0 radical (unpaired) electrons. The van der Waals surface area contributed by atoms with Gasteiger partial charge >= 0.3 is 0 Å². The molecule has 1 aromatic carbocycles. The van der Waals surface area contributed by atoms with Crippen molar-refractivity contribution in [3.05, 3.63) is 53.9 Å². The lowest BCUT2D eigenvalue weighted by Gasteiger charge is -2.25. The fourth-order valence-corrected chi connectivity index (χ4v) is 2.20. The molecule has 0 fully saturated rings. The molecule has 110 valence electrons. The van der Waals surface area contributed by atoms with Gasteiger partial charge in [0.05, 0.1) is 11.4 Å². The Bertz CT molecular complexity index is 613.